The minimum atomic E-state index is -0.934. The standard InChI is InChI=1S/C17H20BrNO3/c1-10-16(17(21)22)12-8-15(20)13(18)9-14(12)19(10)11-6-4-2-3-5-7-11/h8-9,11,20H,2-7H2,1H3,(H,21,22). The minimum Gasteiger partial charge on any atom is -0.507 e. The Labute approximate surface area is 137 Å². The van der Waals surface area contributed by atoms with E-state index in [1.165, 1.54) is 25.7 Å². The van der Waals surface area contributed by atoms with Crippen molar-refractivity contribution in [1.29, 1.82) is 0 Å². The highest BCUT2D eigenvalue weighted by Crippen LogP contribution is 2.39. The summed E-state index contributed by atoms with van der Waals surface area (Å²) in [4.78, 5) is 11.7. The number of hydrogen-bond donors (Lipinski definition) is 2. The molecule has 1 aromatic carbocycles. The molecule has 0 bridgehead atoms. The van der Waals surface area contributed by atoms with E-state index >= 15 is 0 Å². The third kappa shape index (κ3) is 2.51. The van der Waals surface area contributed by atoms with E-state index in [2.05, 4.69) is 20.5 Å². The second-order valence-corrected chi connectivity index (χ2v) is 6.96. The summed E-state index contributed by atoms with van der Waals surface area (Å²) in [5, 5.41) is 20.1. The van der Waals surface area contributed by atoms with Crippen LogP contribution in [0.25, 0.3) is 10.9 Å². The van der Waals surface area contributed by atoms with E-state index in [4.69, 9.17) is 0 Å². The number of aromatic hydroxyl groups is 1. The minimum absolute atomic E-state index is 0.0769. The topological polar surface area (TPSA) is 62.5 Å². The molecule has 0 amide bonds. The number of benzene rings is 1. The maximum Gasteiger partial charge on any atom is 0.338 e. The highest BCUT2D eigenvalue weighted by Gasteiger charge is 2.25. The van der Waals surface area contributed by atoms with Crippen LogP contribution < -0.4 is 0 Å². The average Bonchev–Trinajstić information content (AvgIpc) is 2.64. The van der Waals surface area contributed by atoms with Gasteiger partial charge in [0.05, 0.1) is 15.6 Å². The smallest absolute Gasteiger partial charge is 0.338 e. The van der Waals surface area contributed by atoms with Crippen LogP contribution in [0, 0.1) is 6.92 Å². The van der Waals surface area contributed by atoms with E-state index in [1.807, 2.05) is 13.0 Å². The van der Waals surface area contributed by atoms with Crippen molar-refractivity contribution in [3.63, 3.8) is 0 Å². The number of carbonyl (C=O) groups is 1. The highest BCUT2D eigenvalue weighted by atomic mass is 79.9. The molecule has 118 valence electrons. The van der Waals surface area contributed by atoms with Crippen molar-refractivity contribution < 1.29 is 15.0 Å². The zero-order chi connectivity index (χ0) is 15.9. The zero-order valence-corrected chi connectivity index (χ0v) is 14.2. The van der Waals surface area contributed by atoms with E-state index in [9.17, 15) is 15.0 Å². The van der Waals surface area contributed by atoms with E-state index < -0.39 is 5.97 Å². The number of nitrogens with zero attached hydrogens (tertiary/aromatic N) is 1. The van der Waals surface area contributed by atoms with Gasteiger partial charge in [-0.25, -0.2) is 4.79 Å². The molecule has 0 atom stereocenters. The van der Waals surface area contributed by atoms with Gasteiger partial charge in [0.25, 0.3) is 0 Å². The fourth-order valence-electron chi connectivity index (χ4n) is 3.70. The fourth-order valence-corrected chi connectivity index (χ4v) is 4.03. The van der Waals surface area contributed by atoms with Crippen molar-refractivity contribution >= 4 is 32.8 Å². The molecule has 2 N–H and O–H groups in total. The Balaban J connectivity index is 2.26. The molecule has 0 spiro atoms. The summed E-state index contributed by atoms with van der Waals surface area (Å²) in [5.74, 6) is -0.857. The number of carboxylic acid groups (broad SMARTS) is 1. The number of rotatable bonds is 2. The van der Waals surface area contributed by atoms with Crippen molar-refractivity contribution in [3.8, 4) is 5.75 Å². The first kappa shape index (κ1) is 15.4. The summed E-state index contributed by atoms with van der Waals surface area (Å²) in [6.07, 6.45) is 7.05. The number of aromatic carboxylic acids is 1. The van der Waals surface area contributed by atoms with Gasteiger partial charge in [0.1, 0.15) is 5.75 Å². The van der Waals surface area contributed by atoms with E-state index in [0.717, 1.165) is 24.1 Å². The van der Waals surface area contributed by atoms with Gasteiger partial charge >= 0.3 is 5.97 Å². The summed E-state index contributed by atoms with van der Waals surface area (Å²) in [7, 11) is 0. The molecule has 1 heterocycles. The summed E-state index contributed by atoms with van der Waals surface area (Å²) in [6.45, 7) is 1.87. The first-order valence-electron chi connectivity index (χ1n) is 7.77. The van der Waals surface area contributed by atoms with Crippen molar-refractivity contribution in [2.45, 2.75) is 51.5 Å². The second kappa shape index (κ2) is 5.95. The van der Waals surface area contributed by atoms with Crippen LogP contribution >= 0.6 is 15.9 Å². The number of halogens is 1. The SMILES string of the molecule is Cc1c(C(=O)O)c2cc(O)c(Br)cc2n1C1CCCCCC1. The lowest BCUT2D eigenvalue weighted by molar-refractivity contribution is 0.0698. The lowest BCUT2D eigenvalue weighted by Gasteiger charge is -2.20. The third-order valence-corrected chi connectivity index (χ3v) is 5.36. The van der Waals surface area contributed by atoms with Crippen molar-refractivity contribution in [2.75, 3.05) is 0 Å². The molecule has 2 aromatic rings. The Kier molecular flexibility index (Phi) is 4.17. The highest BCUT2D eigenvalue weighted by molar-refractivity contribution is 9.10. The second-order valence-electron chi connectivity index (χ2n) is 6.10. The molecular formula is C17H20BrNO3. The molecule has 1 aliphatic carbocycles. The summed E-state index contributed by atoms with van der Waals surface area (Å²) in [5.41, 5.74) is 1.99. The van der Waals surface area contributed by atoms with E-state index in [1.54, 1.807) is 6.07 Å². The van der Waals surface area contributed by atoms with Gasteiger partial charge in [-0.05, 0) is 47.8 Å². The Bertz CT molecular complexity index is 727. The van der Waals surface area contributed by atoms with Gasteiger partial charge in [-0.1, -0.05) is 25.7 Å². The summed E-state index contributed by atoms with van der Waals surface area (Å²) < 4.78 is 2.78. The number of fused-ring (bicyclic) bond motifs is 1. The maximum absolute atomic E-state index is 11.7. The largest absolute Gasteiger partial charge is 0.507 e. The molecule has 22 heavy (non-hydrogen) atoms. The van der Waals surface area contributed by atoms with Gasteiger partial charge < -0.3 is 14.8 Å². The van der Waals surface area contributed by atoms with Crippen LogP contribution in [0.15, 0.2) is 16.6 Å². The Hall–Kier alpha value is -1.49. The predicted molar refractivity (Wildman–Crippen MR) is 89.7 cm³/mol. The van der Waals surface area contributed by atoms with Crippen LogP contribution in [0.4, 0.5) is 0 Å². The van der Waals surface area contributed by atoms with Gasteiger partial charge in [0, 0.05) is 17.1 Å². The van der Waals surface area contributed by atoms with Crippen molar-refractivity contribution in [3.05, 3.63) is 27.9 Å². The van der Waals surface area contributed by atoms with E-state index in [0.29, 0.717) is 21.5 Å². The predicted octanol–water partition coefficient (Wildman–Crippen LogP) is 5.01. The molecule has 5 heteroatoms. The Morgan fingerprint density at radius 1 is 1.23 bits per heavy atom. The van der Waals surface area contributed by atoms with Crippen LogP contribution in [0.5, 0.6) is 5.75 Å². The zero-order valence-electron chi connectivity index (χ0n) is 12.6. The van der Waals surface area contributed by atoms with Gasteiger partial charge in [-0.15, -0.1) is 0 Å². The molecule has 1 saturated carbocycles. The van der Waals surface area contributed by atoms with Crippen molar-refractivity contribution in [2.24, 2.45) is 0 Å². The normalized spacial score (nSPS) is 16.8. The average molecular weight is 366 g/mol. The Morgan fingerprint density at radius 2 is 1.86 bits per heavy atom. The lowest BCUT2D eigenvalue weighted by Crippen LogP contribution is -2.11. The number of aromatic nitrogens is 1. The van der Waals surface area contributed by atoms with Crippen LogP contribution in [0.3, 0.4) is 0 Å². The molecule has 1 aromatic heterocycles. The Morgan fingerprint density at radius 3 is 2.45 bits per heavy atom. The molecule has 1 fully saturated rings. The molecule has 0 radical (unpaired) electrons. The monoisotopic (exact) mass is 365 g/mol. The number of phenolic OH excluding ortho intramolecular Hbond substituents is 1. The first-order valence-corrected chi connectivity index (χ1v) is 8.56. The third-order valence-electron chi connectivity index (χ3n) is 4.72. The van der Waals surface area contributed by atoms with E-state index in [-0.39, 0.29) is 5.75 Å². The van der Waals surface area contributed by atoms with Crippen molar-refractivity contribution in [1.82, 2.24) is 4.57 Å². The fraction of sp³-hybridized carbons (Fsp3) is 0.471. The molecular weight excluding hydrogens is 346 g/mol. The molecule has 0 aliphatic heterocycles. The molecule has 4 nitrogen and oxygen atoms in total. The van der Waals surface area contributed by atoms with Gasteiger partial charge in [0.15, 0.2) is 0 Å². The number of phenols is 1. The van der Waals surface area contributed by atoms with Gasteiger partial charge in [0.2, 0.25) is 0 Å². The number of hydrogen-bond acceptors (Lipinski definition) is 2. The molecule has 0 unspecified atom stereocenters. The molecule has 0 saturated heterocycles. The summed E-state index contributed by atoms with van der Waals surface area (Å²) in [6, 6.07) is 3.74. The van der Waals surface area contributed by atoms with Crippen LogP contribution in [0.1, 0.15) is 60.6 Å². The van der Waals surface area contributed by atoms with Crippen LogP contribution in [-0.2, 0) is 0 Å². The van der Waals surface area contributed by atoms with Crippen LogP contribution in [-0.4, -0.2) is 20.7 Å². The maximum atomic E-state index is 11.7. The molecule has 1 aliphatic rings. The lowest BCUT2D eigenvalue weighted by atomic mass is 10.1. The van der Waals surface area contributed by atoms with Gasteiger partial charge in [-0.3, -0.25) is 0 Å². The van der Waals surface area contributed by atoms with Crippen LogP contribution in [0.2, 0.25) is 0 Å². The quantitative estimate of drug-likeness (QED) is 0.735. The molecule has 3 rings (SSSR count). The first-order chi connectivity index (χ1) is 10.5. The van der Waals surface area contributed by atoms with Gasteiger partial charge in [-0.2, -0.15) is 0 Å². The summed E-state index contributed by atoms with van der Waals surface area (Å²) >= 11 is 3.35. The number of carboxylic acids is 1.